The highest BCUT2D eigenvalue weighted by Gasteiger charge is 2.33. The second-order valence-electron chi connectivity index (χ2n) is 7.73. The molecular weight excluding hydrogens is 453 g/mol. The number of nitrogens with one attached hydrogen (secondary N) is 1. The van der Waals surface area contributed by atoms with Gasteiger partial charge in [0, 0.05) is 32.2 Å². The van der Waals surface area contributed by atoms with E-state index in [1.165, 1.54) is 18.1 Å². The molecule has 4 rings (SSSR count). The second kappa shape index (κ2) is 9.61. The normalized spacial score (nSPS) is 18.3. The van der Waals surface area contributed by atoms with E-state index < -0.39 is 18.0 Å². The number of rotatable bonds is 5. The number of benzene rings is 1. The van der Waals surface area contributed by atoms with Crippen molar-refractivity contribution in [3.8, 4) is 0 Å². The van der Waals surface area contributed by atoms with Crippen LogP contribution in [0.15, 0.2) is 28.8 Å². The van der Waals surface area contributed by atoms with Crippen molar-refractivity contribution in [2.24, 2.45) is 0 Å². The Morgan fingerprint density at radius 2 is 2.06 bits per heavy atom. The first-order valence-electron chi connectivity index (χ1n) is 10.4. The number of halogens is 1. The zero-order chi connectivity index (χ0) is 23.5. The Kier molecular flexibility index (Phi) is 6.63. The lowest BCUT2D eigenvalue weighted by atomic mass is 10.2. The number of methoxy groups -OCH3 is 1. The Morgan fingerprint density at radius 1 is 1.30 bits per heavy atom. The molecule has 0 spiro atoms. The summed E-state index contributed by atoms with van der Waals surface area (Å²) in [5.41, 5.74) is 1.10. The van der Waals surface area contributed by atoms with E-state index in [-0.39, 0.29) is 23.3 Å². The summed E-state index contributed by atoms with van der Waals surface area (Å²) >= 11 is 4.91. The molecule has 176 valence electrons. The van der Waals surface area contributed by atoms with Crippen molar-refractivity contribution >= 4 is 40.8 Å². The summed E-state index contributed by atoms with van der Waals surface area (Å²) in [6.45, 7) is 4.09. The van der Waals surface area contributed by atoms with E-state index in [1.807, 2.05) is 4.90 Å². The molecule has 0 radical (unpaired) electrons. The third-order valence-electron chi connectivity index (χ3n) is 5.53. The number of carbonyl (C=O) groups is 2. The van der Waals surface area contributed by atoms with Crippen LogP contribution >= 0.6 is 12.2 Å². The van der Waals surface area contributed by atoms with Gasteiger partial charge in [-0.1, -0.05) is 5.16 Å². The predicted molar refractivity (Wildman–Crippen MR) is 121 cm³/mol. The van der Waals surface area contributed by atoms with Crippen molar-refractivity contribution < 1.29 is 28.0 Å². The summed E-state index contributed by atoms with van der Waals surface area (Å²) in [5, 5.41) is 6.81. The van der Waals surface area contributed by atoms with Crippen LogP contribution in [0.5, 0.6) is 0 Å². The Labute approximate surface area is 195 Å². The van der Waals surface area contributed by atoms with E-state index in [0.717, 1.165) is 0 Å². The van der Waals surface area contributed by atoms with Gasteiger partial charge in [0.05, 0.1) is 31.6 Å². The van der Waals surface area contributed by atoms with Crippen LogP contribution in [0.2, 0.25) is 0 Å². The van der Waals surface area contributed by atoms with Crippen molar-refractivity contribution in [3.05, 3.63) is 41.5 Å². The van der Waals surface area contributed by atoms with Gasteiger partial charge in [0.2, 0.25) is 0 Å². The molecule has 10 nitrogen and oxygen atoms in total. The van der Waals surface area contributed by atoms with Crippen LogP contribution in [0.3, 0.4) is 0 Å². The van der Waals surface area contributed by atoms with E-state index in [0.29, 0.717) is 49.9 Å². The van der Waals surface area contributed by atoms with Crippen LogP contribution in [-0.2, 0) is 9.47 Å². The van der Waals surface area contributed by atoms with Crippen molar-refractivity contribution in [3.63, 3.8) is 0 Å². The van der Waals surface area contributed by atoms with Crippen LogP contribution in [0, 0.1) is 12.7 Å². The summed E-state index contributed by atoms with van der Waals surface area (Å²) in [7, 11) is 1.45. The van der Waals surface area contributed by atoms with Gasteiger partial charge >= 0.3 is 6.09 Å². The number of carbonyl (C=O) groups excluding carboxylic acids is 2. The molecule has 2 aliphatic rings. The van der Waals surface area contributed by atoms with E-state index >= 15 is 0 Å². The van der Waals surface area contributed by atoms with Crippen molar-refractivity contribution in [1.29, 1.82) is 0 Å². The maximum absolute atomic E-state index is 15.0. The molecule has 0 saturated carbocycles. The maximum atomic E-state index is 15.0. The van der Waals surface area contributed by atoms with Crippen molar-refractivity contribution in [1.82, 2.24) is 15.4 Å². The Balaban J connectivity index is 1.36. The molecule has 1 aromatic heterocycles. The molecule has 0 bridgehead atoms. The Bertz CT molecular complexity index is 1060. The summed E-state index contributed by atoms with van der Waals surface area (Å²) in [6, 6.07) is 6.25. The lowest BCUT2D eigenvalue weighted by Gasteiger charge is -2.36. The molecule has 1 atom stereocenters. The fourth-order valence-corrected chi connectivity index (χ4v) is 3.89. The molecule has 12 heteroatoms. The van der Waals surface area contributed by atoms with Gasteiger partial charge in [0.15, 0.2) is 5.69 Å². The Morgan fingerprint density at radius 3 is 2.70 bits per heavy atom. The van der Waals surface area contributed by atoms with Gasteiger partial charge in [0.25, 0.3) is 11.1 Å². The smallest absolute Gasteiger partial charge is 0.414 e. The van der Waals surface area contributed by atoms with Gasteiger partial charge in [-0.25, -0.2) is 9.18 Å². The van der Waals surface area contributed by atoms with E-state index in [2.05, 4.69) is 10.5 Å². The zero-order valence-corrected chi connectivity index (χ0v) is 19.1. The monoisotopic (exact) mass is 477 g/mol. The fourth-order valence-electron chi connectivity index (χ4n) is 3.81. The number of aromatic nitrogens is 1. The first-order chi connectivity index (χ1) is 15.9. The summed E-state index contributed by atoms with van der Waals surface area (Å²) in [6.07, 6.45) is -0.986. The van der Waals surface area contributed by atoms with Crippen LogP contribution in [0.4, 0.5) is 20.6 Å². The molecule has 3 heterocycles. The molecule has 1 N–H and O–H groups in total. The molecule has 1 aromatic carbocycles. The molecule has 2 aromatic rings. The molecule has 2 amide bonds. The van der Waals surface area contributed by atoms with Gasteiger partial charge in [0.1, 0.15) is 17.7 Å². The number of aryl methyl sites for hydroxylation is 1. The Hall–Kier alpha value is -3.41. The molecule has 33 heavy (non-hydrogen) atoms. The first-order valence-corrected chi connectivity index (χ1v) is 10.8. The topological polar surface area (TPSA) is 100 Å². The molecule has 0 unspecified atom stereocenters. The average molecular weight is 478 g/mol. The third-order valence-corrected chi connectivity index (χ3v) is 5.84. The molecule has 2 saturated heterocycles. The number of thiocarbonyl (C=S) groups is 1. The number of hydrogen-bond donors (Lipinski definition) is 1. The van der Waals surface area contributed by atoms with Crippen molar-refractivity contribution in [2.75, 3.05) is 56.2 Å². The van der Waals surface area contributed by atoms with Gasteiger partial charge < -0.3 is 29.1 Å². The second-order valence-corrected chi connectivity index (χ2v) is 8.10. The van der Waals surface area contributed by atoms with Gasteiger partial charge in [-0.05, 0) is 37.3 Å². The molecule has 2 fully saturated rings. The SMILES string of the molecule is COC(=S)NC[C@H]1CN(c2ccc(N3CCN(C(=O)c4cc(C)on4)CC3)c(F)c2)C(=O)O1. The van der Waals surface area contributed by atoms with Crippen LogP contribution in [0.25, 0.3) is 0 Å². The number of nitrogens with zero attached hydrogens (tertiary/aromatic N) is 4. The molecular formula is C21H24FN5O5S. The highest BCUT2D eigenvalue weighted by atomic mass is 32.1. The summed E-state index contributed by atoms with van der Waals surface area (Å²) in [5.74, 6) is -0.0819. The maximum Gasteiger partial charge on any atom is 0.414 e. The lowest BCUT2D eigenvalue weighted by Crippen LogP contribution is -2.49. The van der Waals surface area contributed by atoms with E-state index in [4.69, 9.17) is 26.2 Å². The summed E-state index contributed by atoms with van der Waals surface area (Å²) in [4.78, 5) is 29.7. The zero-order valence-electron chi connectivity index (χ0n) is 18.2. The number of anilines is 2. The number of piperazine rings is 1. The number of ether oxygens (including phenoxy) is 2. The lowest BCUT2D eigenvalue weighted by molar-refractivity contribution is 0.0736. The highest BCUT2D eigenvalue weighted by molar-refractivity contribution is 7.80. The number of hydrogen-bond acceptors (Lipinski definition) is 8. The van der Waals surface area contributed by atoms with E-state index in [9.17, 15) is 14.0 Å². The van der Waals surface area contributed by atoms with Gasteiger partial charge in [-0.3, -0.25) is 9.69 Å². The third kappa shape index (κ3) is 5.00. The fraction of sp³-hybridized carbons (Fsp3) is 0.429. The van der Waals surface area contributed by atoms with Gasteiger partial charge in [-0.15, -0.1) is 0 Å². The van der Waals surface area contributed by atoms with Crippen LogP contribution in [-0.4, -0.2) is 79.7 Å². The highest BCUT2D eigenvalue weighted by Crippen LogP contribution is 2.28. The standard InChI is InChI=1S/C21H24FN5O5S/c1-13-9-17(24-32-13)19(28)26-7-5-25(6-8-26)18-4-3-14(10-16(18)22)27-12-15(31-21(27)29)11-23-20(33)30-2/h3-4,9-10,15H,5-8,11-12H2,1-2H3,(H,23,33)/t15-/m0/s1. The first kappa shape index (κ1) is 22.8. The van der Waals surface area contributed by atoms with E-state index in [1.54, 1.807) is 30.0 Å². The number of cyclic esters (lactones) is 1. The largest absolute Gasteiger partial charge is 0.474 e. The minimum atomic E-state index is -0.549. The molecule has 2 aliphatic heterocycles. The minimum absolute atomic E-state index is 0.204. The molecule has 0 aliphatic carbocycles. The number of amides is 2. The predicted octanol–water partition coefficient (Wildman–Crippen LogP) is 1.93. The van der Waals surface area contributed by atoms with Crippen LogP contribution < -0.4 is 15.1 Å². The van der Waals surface area contributed by atoms with Gasteiger partial charge in [-0.2, -0.15) is 0 Å². The van der Waals surface area contributed by atoms with Crippen LogP contribution in [0.1, 0.15) is 16.2 Å². The minimum Gasteiger partial charge on any atom is -0.474 e. The summed E-state index contributed by atoms with van der Waals surface area (Å²) < 4.78 is 30.1. The quantitative estimate of drug-likeness (QED) is 0.648. The van der Waals surface area contributed by atoms with Crippen molar-refractivity contribution in [2.45, 2.75) is 13.0 Å². The average Bonchev–Trinajstić information content (AvgIpc) is 3.42.